The van der Waals surface area contributed by atoms with Gasteiger partial charge in [0.15, 0.2) is 0 Å². The summed E-state index contributed by atoms with van der Waals surface area (Å²) in [6, 6.07) is 6.88. The van der Waals surface area contributed by atoms with Gasteiger partial charge in [0.25, 0.3) is 0 Å². The molecule has 0 radical (unpaired) electrons. The monoisotopic (exact) mass is 148 g/mol. The Morgan fingerprint density at radius 3 is 2.45 bits per heavy atom. The summed E-state index contributed by atoms with van der Waals surface area (Å²) in [6.45, 7) is 0. The molecular formula is C8H8N2O. The number of hydrogen-bond acceptors (Lipinski definition) is 3. The van der Waals surface area contributed by atoms with Crippen molar-refractivity contribution in [1.29, 1.82) is 5.41 Å². The summed E-state index contributed by atoms with van der Waals surface area (Å²) in [7, 11) is 0. The molecule has 0 unspecified atom stereocenters. The SMILES string of the molecule is N=CCc1ccc(N=O)cc1. The molecule has 3 heteroatoms. The summed E-state index contributed by atoms with van der Waals surface area (Å²) in [5, 5.41) is 9.59. The van der Waals surface area contributed by atoms with Crippen molar-refractivity contribution in [3.8, 4) is 0 Å². The van der Waals surface area contributed by atoms with Crippen LogP contribution in [0.5, 0.6) is 0 Å². The minimum Gasteiger partial charge on any atom is -0.313 e. The fraction of sp³-hybridized carbons (Fsp3) is 0.125. The third-order valence-corrected chi connectivity index (χ3v) is 1.38. The number of nitrogens with zero attached hydrogens (tertiary/aromatic N) is 1. The van der Waals surface area contributed by atoms with Crippen LogP contribution in [0.25, 0.3) is 0 Å². The molecule has 0 aliphatic rings. The van der Waals surface area contributed by atoms with Crippen LogP contribution in [-0.4, -0.2) is 6.21 Å². The van der Waals surface area contributed by atoms with Gasteiger partial charge in [0.05, 0.1) is 0 Å². The van der Waals surface area contributed by atoms with Gasteiger partial charge >= 0.3 is 0 Å². The maximum absolute atomic E-state index is 9.98. The molecule has 1 N–H and O–H groups in total. The molecule has 0 heterocycles. The first-order valence-corrected chi connectivity index (χ1v) is 3.28. The number of nitrogens with one attached hydrogen (secondary N) is 1. The van der Waals surface area contributed by atoms with Gasteiger partial charge in [0.2, 0.25) is 0 Å². The number of benzene rings is 1. The van der Waals surface area contributed by atoms with E-state index in [1.165, 1.54) is 6.21 Å². The van der Waals surface area contributed by atoms with E-state index < -0.39 is 0 Å². The molecule has 3 nitrogen and oxygen atoms in total. The first kappa shape index (κ1) is 7.60. The Balaban J connectivity index is 2.81. The highest BCUT2D eigenvalue weighted by Gasteiger charge is 1.91. The lowest BCUT2D eigenvalue weighted by Crippen LogP contribution is -1.82. The summed E-state index contributed by atoms with van der Waals surface area (Å²) in [5.41, 5.74) is 1.45. The zero-order valence-corrected chi connectivity index (χ0v) is 5.95. The van der Waals surface area contributed by atoms with Gasteiger partial charge in [-0.25, -0.2) is 0 Å². The highest BCUT2D eigenvalue weighted by Crippen LogP contribution is 2.11. The third kappa shape index (κ3) is 1.97. The van der Waals surface area contributed by atoms with Crippen LogP contribution in [0, 0.1) is 10.3 Å². The van der Waals surface area contributed by atoms with Crippen molar-refractivity contribution in [1.82, 2.24) is 0 Å². The van der Waals surface area contributed by atoms with E-state index in [2.05, 4.69) is 5.18 Å². The van der Waals surface area contributed by atoms with Crippen LogP contribution >= 0.6 is 0 Å². The lowest BCUT2D eigenvalue weighted by atomic mass is 10.1. The van der Waals surface area contributed by atoms with Gasteiger partial charge in [-0.05, 0) is 29.1 Å². The average Bonchev–Trinajstić information content (AvgIpc) is 2.07. The molecule has 0 saturated carbocycles. The minimum absolute atomic E-state index is 0.429. The maximum atomic E-state index is 9.98. The standard InChI is InChI=1S/C8H8N2O/c9-6-5-7-1-3-8(10-11)4-2-7/h1-4,6,9H,5H2. The van der Waals surface area contributed by atoms with Crippen molar-refractivity contribution in [3.05, 3.63) is 34.7 Å². The lowest BCUT2D eigenvalue weighted by Gasteiger charge is -1.93. The van der Waals surface area contributed by atoms with E-state index in [0.717, 1.165) is 5.56 Å². The van der Waals surface area contributed by atoms with Gasteiger partial charge in [-0.3, -0.25) is 0 Å². The molecule has 0 spiro atoms. The van der Waals surface area contributed by atoms with E-state index in [-0.39, 0.29) is 0 Å². The van der Waals surface area contributed by atoms with Crippen LogP contribution in [0.15, 0.2) is 29.4 Å². The van der Waals surface area contributed by atoms with Crippen molar-refractivity contribution in [2.45, 2.75) is 6.42 Å². The predicted molar refractivity (Wildman–Crippen MR) is 44.4 cm³/mol. The van der Waals surface area contributed by atoms with Gasteiger partial charge in [0, 0.05) is 6.42 Å². The Morgan fingerprint density at radius 2 is 2.00 bits per heavy atom. The summed E-state index contributed by atoms with van der Waals surface area (Å²) < 4.78 is 0. The molecular weight excluding hydrogens is 140 g/mol. The summed E-state index contributed by atoms with van der Waals surface area (Å²) in [6.07, 6.45) is 1.93. The summed E-state index contributed by atoms with van der Waals surface area (Å²) in [4.78, 5) is 9.98. The number of rotatable bonds is 3. The summed E-state index contributed by atoms with van der Waals surface area (Å²) in [5.74, 6) is 0. The van der Waals surface area contributed by atoms with E-state index in [4.69, 9.17) is 5.41 Å². The molecule has 0 fully saturated rings. The smallest absolute Gasteiger partial charge is 0.108 e. The second-order valence-corrected chi connectivity index (χ2v) is 2.17. The molecule has 0 aliphatic heterocycles. The first-order chi connectivity index (χ1) is 5.36. The molecule has 1 aromatic rings. The van der Waals surface area contributed by atoms with E-state index in [9.17, 15) is 4.91 Å². The fourth-order valence-corrected chi connectivity index (χ4v) is 0.811. The Bertz CT molecular complexity index is 253. The van der Waals surface area contributed by atoms with Gasteiger partial charge in [-0.15, -0.1) is 4.91 Å². The van der Waals surface area contributed by atoms with E-state index in [1.807, 2.05) is 0 Å². The lowest BCUT2D eigenvalue weighted by molar-refractivity contribution is 1.32. The van der Waals surface area contributed by atoms with Gasteiger partial charge in [-0.2, -0.15) is 0 Å². The van der Waals surface area contributed by atoms with E-state index >= 15 is 0 Å². The van der Waals surface area contributed by atoms with Crippen molar-refractivity contribution in [2.24, 2.45) is 5.18 Å². The molecule has 56 valence electrons. The highest BCUT2D eigenvalue weighted by molar-refractivity contribution is 5.58. The second-order valence-electron chi connectivity index (χ2n) is 2.17. The Kier molecular flexibility index (Phi) is 2.49. The third-order valence-electron chi connectivity index (χ3n) is 1.38. The molecule has 0 aliphatic carbocycles. The Labute approximate surface area is 64.5 Å². The topological polar surface area (TPSA) is 53.3 Å². The van der Waals surface area contributed by atoms with Crippen LogP contribution in [0.2, 0.25) is 0 Å². The molecule has 1 aromatic carbocycles. The molecule has 0 amide bonds. The quantitative estimate of drug-likeness (QED) is 0.518. The second kappa shape index (κ2) is 3.61. The van der Waals surface area contributed by atoms with Crippen LogP contribution in [-0.2, 0) is 6.42 Å². The highest BCUT2D eigenvalue weighted by atomic mass is 16.3. The average molecular weight is 148 g/mol. The number of nitroso groups, excluding NO2 is 1. The largest absolute Gasteiger partial charge is 0.313 e. The van der Waals surface area contributed by atoms with Gasteiger partial charge in [-0.1, -0.05) is 12.1 Å². The maximum Gasteiger partial charge on any atom is 0.108 e. The van der Waals surface area contributed by atoms with Crippen LogP contribution in [0.1, 0.15) is 5.56 Å². The van der Waals surface area contributed by atoms with Crippen LogP contribution in [0.3, 0.4) is 0 Å². The molecule has 0 bridgehead atoms. The molecule has 0 atom stereocenters. The molecule has 0 aromatic heterocycles. The zero-order valence-electron chi connectivity index (χ0n) is 5.95. The molecule has 11 heavy (non-hydrogen) atoms. The van der Waals surface area contributed by atoms with Crippen molar-refractivity contribution < 1.29 is 0 Å². The van der Waals surface area contributed by atoms with Crippen LogP contribution in [0.4, 0.5) is 5.69 Å². The van der Waals surface area contributed by atoms with E-state index in [1.54, 1.807) is 24.3 Å². The van der Waals surface area contributed by atoms with Gasteiger partial charge < -0.3 is 5.41 Å². The van der Waals surface area contributed by atoms with Crippen LogP contribution < -0.4 is 0 Å². The van der Waals surface area contributed by atoms with Crippen molar-refractivity contribution in [3.63, 3.8) is 0 Å². The Morgan fingerprint density at radius 1 is 1.36 bits per heavy atom. The van der Waals surface area contributed by atoms with Crippen molar-refractivity contribution >= 4 is 11.9 Å². The molecule has 0 saturated heterocycles. The summed E-state index contributed by atoms with van der Waals surface area (Å²) >= 11 is 0. The van der Waals surface area contributed by atoms with Gasteiger partial charge in [0.1, 0.15) is 5.69 Å². The fourth-order valence-electron chi connectivity index (χ4n) is 0.811. The van der Waals surface area contributed by atoms with E-state index in [0.29, 0.717) is 12.1 Å². The van der Waals surface area contributed by atoms with Crippen molar-refractivity contribution in [2.75, 3.05) is 0 Å². The zero-order chi connectivity index (χ0) is 8.10. The first-order valence-electron chi connectivity index (χ1n) is 3.28. The normalized spacial score (nSPS) is 9.09. The molecule has 1 rings (SSSR count). The number of hydrogen-bond donors (Lipinski definition) is 1. The predicted octanol–water partition coefficient (Wildman–Crippen LogP) is 2.28. The minimum atomic E-state index is 0.429. The Hall–Kier alpha value is -1.51.